The minimum Gasteiger partial charge on any atom is -0.294 e. The van der Waals surface area contributed by atoms with Gasteiger partial charge in [0.2, 0.25) is 0 Å². The summed E-state index contributed by atoms with van der Waals surface area (Å²) < 4.78 is 25.8. The quantitative estimate of drug-likeness (QED) is 0.678. The van der Waals surface area contributed by atoms with Crippen molar-refractivity contribution in [3.05, 3.63) is 35.4 Å². The molecule has 0 bridgehead atoms. The molecule has 0 heterocycles. The van der Waals surface area contributed by atoms with Gasteiger partial charge in [-0.1, -0.05) is 13.3 Å². The number of rotatable bonds is 4. The summed E-state index contributed by atoms with van der Waals surface area (Å²) in [5.74, 6) is -1.55. The molecule has 0 aliphatic carbocycles. The number of carbonyl (C=O) groups is 1. The summed E-state index contributed by atoms with van der Waals surface area (Å²) >= 11 is 0. The van der Waals surface area contributed by atoms with Gasteiger partial charge in [-0.25, -0.2) is 8.78 Å². The van der Waals surface area contributed by atoms with Gasteiger partial charge in [0.05, 0.1) is 5.56 Å². The maximum Gasteiger partial charge on any atom is 0.165 e. The van der Waals surface area contributed by atoms with Gasteiger partial charge in [0.25, 0.3) is 0 Å². The molecule has 0 aliphatic heterocycles. The van der Waals surface area contributed by atoms with Crippen LogP contribution < -0.4 is 0 Å². The monoisotopic (exact) mass is 198 g/mol. The first-order valence-corrected chi connectivity index (χ1v) is 4.63. The predicted octanol–water partition coefficient (Wildman–Crippen LogP) is 3.34. The van der Waals surface area contributed by atoms with Crippen LogP contribution in [0.5, 0.6) is 0 Å². The van der Waals surface area contributed by atoms with Crippen LogP contribution in [0.1, 0.15) is 36.5 Å². The largest absolute Gasteiger partial charge is 0.294 e. The third kappa shape index (κ3) is 2.62. The van der Waals surface area contributed by atoms with Crippen molar-refractivity contribution in [1.82, 2.24) is 0 Å². The van der Waals surface area contributed by atoms with E-state index in [-0.39, 0.29) is 17.8 Å². The van der Waals surface area contributed by atoms with Crippen LogP contribution in [0.4, 0.5) is 8.78 Å². The summed E-state index contributed by atoms with van der Waals surface area (Å²) in [5.41, 5.74) is -0.140. The predicted molar refractivity (Wildman–Crippen MR) is 50.2 cm³/mol. The van der Waals surface area contributed by atoms with Crippen LogP contribution in [-0.2, 0) is 0 Å². The van der Waals surface area contributed by atoms with Gasteiger partial charge in [0, 0.05) is 6.42 Å². The Hall–Kier alpha value is -1.25. The van der Waals surface area contributed by atoms with Crippen LogP contribution in [0.25, 0.3) is 0 Å². The van der Waals surface area contributed by atoms with E-state index in [0.29, 0.717) is 6.42 Å². The number of Topliss-reactive ketones (excluding diaryl/α,β-unsaturated/α-hetero) is 1. The van der Waals surface area contributed by atoms with Crippen molar-refractivity contribution in [2.75, 3.05) is 0 Å². The number of unbranched alkanes of at least 4 members (excludes halogenated alkanes) is 1. The van der Waals surface area contributed by atoms with E-state index in [0.717, 1.165) is 24.6 Å². The molecule has 0 spiro atoms. The van der Waals surface area contributed by atoms with Gasteiger partial charge >= 0.3 is 0 Å². The molecular formula is C11H12F2O. The van der Waals surface area contributed by atoms with E-state index in [9.17, 15) is 13.6 Å². The molecule has 0 saturated carbocycles. The number of halogens is 2. The lowest BCUT2D eigenvalue weighted by atomic mass is 10.1. The molecule has 0 amide bonds. The second kappa shape index (κ2) is 4.84. The minimum atomic E-state index is -0.646. The van der Waals surface area contributed by atoms with Crippen molar-refractivity contribution in [3.8, 4) is 0 Å². The topological polar surface area (TPSA) is 17.1 Å². The summed E-state index contributed by atoms with van der Waals surface area (Å²) in [7, 11) is 0. The van der Waals surface area contributed by atoms with Crippen molar-refractivity contribution in [2.45, 2.75) is 26.2 Å². The molecule has 14 heavy (non-hydrogen) atoms. The molecular weight excluding hydrogens is 186 g/mol. The summed E-state index contributed by atoms with van der Waals surface area (Å²) in [4.78, 5) is 11.4. The summed E-state index contributed by atoms with van der Waals surface area (Å²) in [6, 6.07) is 2.94. The number of benzene rings is 1. The molecule has 76 valence electrons. The Kier molecular flexibility index (Phi) is 3.74. The summed E-state index contributed by atoms with van der Waals surface area (Å²) in [6.45, 7) is 1.94. The normalized spacial score (nSPS) is 10.2. The lowest BCUT2D eigenvalue weighted by Crippen LogP contribution is -2.02. The van der Waals surface area contributed by atoms with Crippen molar-refractivity contribution in [3.63, 3.8) is 0 Å². The maximum absolute atomic E-state index is 13.1. The zero-order valence-electron chi connectivity index (χ0n) is 8.02. The second-order valence-electron chi connectivity index (χ2n) is 3.15. The number of carbonyl (C=O) groups excluding carboxylic acids is 1. The molecule has 1 aromatic carbocycles. The fourth-order valence-corrected chi connectivity index (χ4v) is 1.18. The van der Waals surface area contributed by atoms with Crippen LogP contribution >= 0.6 is 0 Å². The average Bonchev–Trinajstić information content (AvgIpc) is 2.18. The van der Waals surface area contributed by atoms with Gasteiger partial charge < -0.3 is 0 Å². The highest BCUT2D eigenvalue weighted by Crippen LogP contribution is 2.13. The molecule has 0 unspecified atom stereocenters. The SMILES string of the molecule is CCCCC(=O)c1cc(F)ccc1F. The fourth-order valence-electron chi connectivity index (χ4n) is 1.18. The fraction of sp³-hybridized carbons (Fsp3) is 0.364. The molecule has 0 saturated heterocycles. The first kappa shape index (κ1) is 10.8. The average molecular weight is 198 g/mol. The van der Waals surface area contributed by atoms with E-state index >= 15 is 0 Å². The van der Waals surface area contributed by atoms with Gasteiger partial charge in [0.1, 0.15) is 11.6 Å². The van der Waals surface area contributed by atoms with Gasteiger partial charge in [-0.05, 0) is 24.6 Å². The van der Waals surface area contributed by atoms with Gasteiger partial charge in [-0.15, -0.1) is 0 Å². The Labute approximate surface area is 81.7 Å². The highest BCUT2D eigenvalue weighted by Gasteiger charge is 2.11. The molecule has 0 aliphatic rings. The number of hydrogen-bond donors (Lipinski definition) is 0. The van der Waals surface area contributed by atoms with Gasteiger partial charge in [-0.3, -0.25) is 4.79 Å². The molecule has 0 atom stereocenters. The summed E-state index contributed by atoms with van der Waals surface area (Å²) in [6.07, 6.45) is 1.84. The third-order valence-corrected chi connectivity index (χ3v) is 1.99. The van der Waals surface area contributed by atoms with E-state index < -0.39 is 11.6 Å². The smallest absolute Gasteiger partial charge is 0.165 e. The van der Waals surface area contributed by atoms with Crippen LogP contribution in [0.2, 0.25) is 0 Å². The Balaban J connectivity index is 2.83. The third-order valence-electron chi connectivity index (χ3n) is 1.99. The zero-order chi connectivity index (χ0) is 10.6. The Morgan fingerprint density at radius 2 is 2.07 bits per heavy atom. The van der Waals surface area contributed by atoms with Crippen molar-refractivity contribution in [2.24, 2.45) is 0 Å². The molecule has 3 heteroatoms. The van der Waals surface area contributed by atoms with E-state index in [1.807, 2.05) is 6.92 Å². The highest BCUT2D eigenvalue weighted by atomic mass is 19.1. The lowest BCUT2D eigenvalue weighted by Gasteiger charge is -2.01. The zero-order valence-corrected chi connectivity index (χ0v) is 8.02. The van der Waals surface area contributed by atoms with E-state index in [1.54, 1.807) is 0 Å². The maximum atomic E-state index is 13.1. The molecule has 0 radical (unpaired) electrons. The lowest BCUT2D eigenvalue weighted by molar-refractivity contribution is 0.0975. The van der Waals surface area contributed by atoms with Crippen LogP contribution in [-0.4, -0.2) is 5.78 Å². The van der Waals surface area contributed by atoms with Gasteiger partial charge in [-0.2, -0.15) is 0 Å². The standard InChI is InChI=1S/C11H12F2O/c1-2-3-4-11(14)9-7-8(12)5-6-10(9)13/h5-7H,2-4H2,1H3. The van der Waals surface area contributed by atoms with Gasteiger partial charge in [0.15, 0.2) is 5.78 Å². The number of ketones is 1. The van der Waals surface area contributed by atoms with E-state index in [2.05, 4.69) is 0 Å². The van der Waals surface area contributed by atoms with Crippen molar-refractivity contribution in [1.29, 1.82) is 0 Å². The van der Waals surface area contributed by atoms with Crippen LogP contribution in [0.3, 0.4) is 0 Å². The molecule has 1 aromatic rings. The molecule has 1 rings (SSSR count). The Morgan fingerprint density at radius 3 is 2.71 bits per heavy atom. The minimum absolute atomic E-state index is 0.140. The van der Waals surface area contributed by atoms with Crippen molar-refractivity contribution >= 4 is 5.78 Å². The van der Waals surface area contributed by atoms with E-state index in [1.165, 1.54) is 0 Å². The molecule has 1 nitrogen and oxygen atoms in total. The Morgan fingerprint density at radius 1 is 1.36 bits per heavy atom. The second-order valence-corrected chi connectivity index (χ2v) is 3.15. The molecule has 0 aromatic heterocycles. The highest BCUT2D eigenvalue weighted by molar-refractivity contribution is 5.96. The van der Waals surface area contributed by atoms with Crippen LogP contribution in [0, 0.1) is 11.6 Å². The van der Waals surface area contributed by atoms with E-state index in [4.69, 9.17) is 0 Å². The molecule has 0 fully saturated rings. The molecule has 0 N–H and O–H groups in total. The Bertz CT molecular complexity index is 334. The first-order valence-electron chi connectivity index (χ1n) is 4.63. The number of hydrogen-bond acceptors (Lipinski definition) is 1. The summed E-state index contributed by atoms with van der Waals surface area (Å²) in [5, 5.41) is 0. The first-order chi connectivity index (χ1) is 6.65. The van der Waals surface area contributed by atoms with Crippen LogP contribution in [0.15, 0.2) is 18.2 Å². The van der Waals surface area contributed by atoms with Crippen molar-refractivity contribution < 1.29 is 13.6 Å².